The van der Waals surface area contributed by atoms with Crippen LogP contribution in [0.2, 0.25) is 0 Å². The maximum atomic E-state index is 11.4. The predicted molar refractivity (Wildman–Crippen MR) is 108 cm³/mol. The summed E-state index contributed by atoms with van der Waals surface area (Å²) in [6.07, 6.45) is 30.6. The van der Waals surface area contributed by atoms with Gasteiger partial charge in [-0.25, -0.2) is 0 Å². The topological polar surface area (TPSA) is 17.1 Å². The molecular formula is C23H38O. The summed E-state index contributed by atoms with van der Waals surface area (Å²) >= 11 is 0. The Labute approximate surface area is 150 Å². The first-order valence-electron chi connectivity index (χ1n) is 9.92. The number of allylic oxidation sites excluding steroid dienone is 8. The van der Waals surface area contributed by atoms with E-state index in [4.69, 9.17) is 0 Å². The summed E-state index contributed by atoms with van der Waals surface area (Å²) in [5.41, 5.74) is 0. The molecule has 0 saturated carbocycles. The molecule has 0 fully saturated rings. The van der Waals surface area contributed by atoms with Crippen molar-refractivity contribution in [2.24, 2.45) is 0 Å². The van der Waals surface area contributed by atoms with Crippen LogP contribution in [-0.4, -0.2) is 5.78 Å². The molecular weight excluding hydrogens is 292 g/mol. The van der Waals surface area contributed by atoms with E-state index in [1.807, 2.05) is 0 Å². The smallest absolute Gasteiger partial charge is 0.132 e. The van der Waals surface area contributed by atoms with E-state index in [0.29, 0.717) is 5.78 Å². The highest BCUT2D eigenvalue weighted by Crippen LogP contribution is 2.03. The first kappa shape index (κ1) is 22.6. The minimum Gasteiger partial charge on any atom is -0.300 e. The highest BCUT2D eigenvalue weighted by molar-refractivity contribution is 5.78. The largest absolute Gasteiger partial charge is 0.300 e. The van der Waals surface area contributed by atoms with Crippen molar-refractivity contribution in [1.29, 1.82) is 0 Å². The van der Waals surface area contributed by atoms with E-state index in [-0.39, 0.29) is 0 Å². The van der Waals surface area contributed by atoms with Gasteiger partial charge < -0.3 is 0 Å². The van der Waals surface area contributed by atoms with Gasteiger partial charge >= 0.3 is 0 Å². The van der Waals surface area contributed by atoms with E-state index in [1.165, 1.54) is 25.7 Å². The van der Waals surface area contributed by atoms with Crippen molar-refractivity contribution >= 4 is 5.78 Å². The lowest BCUT2D eigenvalue weighted by Gasteiger charge is -1.95. The van der Waals surface area contributed by atoms with E-state index in [1.54, 1.807) is 0 Å². The molecule has 0 aromatic heterocycles. The highest BCUT2D eigenvalue weighted by Gasteiger charge is 1.97. The normalized spacial score (nSPS) is 12.4. The second kappa shape index (κ2) is 19.7. The molecule has 0 aromatic rings. The van der Waals surface area contributed by atoms with Crippen molar-refractivity contribution in [2.75, 3.05) is 0 Å². The van der Waals surface area contributed by atoms with Crippen LogP contribution in [0.15, 0.2) is 48.6 Å². The van der Waals surface area contributed by atoms with Gasteiger partial charge in [0.15, 0.2) is 0 Å². The Bertz CT molecular complexity index is 385. The Morgan fingerprint density at radius 3 is 1.58 bits per heavy atom. The molecule has 1 nitrogen and oxygen atoms in total. The van der Waals surface area contributed by atoms with E-state index in [9.17, 15) is 4.79 Å². The molecule has 0 bridgehead atoms. The maximum Gasteiger partial charge on any atom is 0.132 e. The third kappa shape index (κ3) is 18.7. The van der Waals surface area contributed by atoms with Gasteiger partial charge in [0.1, 0.15) is 5.78 Å². The van der Waals surface area contributed by atoms with Crippen LogP contribution < -0.4 is 0 Å². The van der Waals surface area contributed by atoms with Gasteiger partial charge in [0.2, 0.25) is 0 Å². The van der Waals surface area contributed by atoms with Crippen LogP contribution in [0.1, 0.15) is 90.9 Å². The van der Waals surface area contributed by atoms with Crippen LogP contribution in [0.25, 0.3) is 0 Å². The molecule has 136 valence electrons. The Hall–Kier alpha value is -1.37. The summed E-state index contributed by atoms with van der Waals surface area (Å²) in [6, 6.07) is 0. The first-order valence-corrected chi connectivity index (χ1v) is 9.92. The molecule has 0 rings (SSSR count). The minimum absolute atomic E-state index is 0.411. The second-order valence-corrected chi connectivity index (χ2v) is 6.27. The molecule has 0 spiro atoms. The van der Waals surface area contributed by atoms with Gasteiger partial charge in [-0.05, 0) is 51.4 Å². The van der Waals surface area contributed by atoms with Crippen LogP contribution in [0.5, 0.6) is 0 Å². The van der Waals surface area contributed by atoms with E-state index >= 15 is 0 Å². The van der Waals surface area contributed by atoms with Crippen molar-refractivity contribution in [3.05, 3.63) is 48.6 Å². The number of carbonyl (C=O) groups is 1. The van der Waals surface area contributed by atoms with Crippen LogP contribution >= 0.6 is 0 Å². The van der Waals surface area contributed by atoms with Gasteiger partial charge in [-0.3, -0.25) is 4.79 Å². The van der Waals surface area contributed by atoms with E-state index in [2.05, 4.69) is 62.5 Å². The second-order valence-electron chi connectivity index (χ2n) is 6.27. The number of hydrogen-bond acceptors (Lipinski definition) is 1. The molecule has 0 amide bonds. The molecule has 0 radical (unpaired) electrons. The Morgan fingerprint density at radius 2 is 1.08 bits per heavy atom. The summed E-state index contributed by atoms with van der Waals surface area (Å²) in [7, 11) is 0. The predicted octanol–water partition coefficient (Wildman–Crippen LogP) is 7.50. The summed E-state index contributed by atoms with van der Waals surface area (Å²) in [6.45, 7) is 4.30. The minimum atomic E-state index is 0.411. The Balaban J connectivity index is 3.43. The van der Waals surface area contributed by atoms with Crippen molar-refractivity contribution < 1.29 is 4.79 Å². The zero-order valence-electron chi connectivity index (χ0n) is 16.0. The quantitative estimate of drug-likeness (QED) is 0.211. The lowest BCUT2D eigenvalue weighted by molar-refractivity contribution is -0.119. The third-order valence-corrected chi connectivity index (χ3v) is 3.81. The zero-order chi connectivity index (χ0) is 17.7. The molecule has 0 aliphatic heterocycles. The van der Waals surface area contributed by atoms with Crippen LogP contribution in [0, 0.1) is 0 Å². The molecule has 0 unspecified atom stereocenters. The molecule has 0 aromatic carbocycles. The summed E-state index contributed by atoms with van der Waals surface area (Å²) < 4.78 is 0. The molecule has 0 atom stereocenters. The van der Waals surface area contributed by atoms with Crippen molar-refractivity contribution in [2.45, 2.75) is 90.9 Å². The lowest BCUT2D eigenvalue weighted by atomic mass is 10.1. The van der Waals surface area contributed by atoms with Gasteiger partial charge in [0.25, 0.3) is 0 Å². The molecule has 0 aliphatic rings. The van der Waals surface area contributed by atoms with Crippen molar-refractivity contribution in [3.63, 3.8) is 0 Å². The summed E-state index contributed by atoms with van der Waals surface area (Å²) in [5, 5.41) is 0. The molecule has 24 heavy (non-hydrogen) atoms. The average molecular weight is 331 g/mol. The number of ketones is 1. The number of Topliss-reactive ketones (excluding diaryl/α,β-unsaturated/α-hetero) is 1. The molecule has 0 aliphatic carbocycles. The molecule has 0 saturated heterocycles. The molecule has 0 N–H and O–H groups in total. The van der Waals surface area contributed by atoms with Crippen LogP contribution in [0.3, 0.4) is 0 Å². The average Bonchev–Trinajstić information content (AvgIpc) is 2.58. The zero-order valence-corrected chi connectivity index (χ0v) is 16.0. The van der Waals surface area contributed by atoms with Gasteiger partial charge in [-0.2, -0.15) is 0 Å². The maximum absolute atomic E-state index is 11.4. The van der Waals surface area contributed by atoms with Gasteiger partial charge in [0.05, 0.1) is 0 Å². The molecule has 0 heterocycles. The fraction of sp³-hybridized carbons (Fsp3) is 0.609. The van der Waals surface area contributed by atoms with Gasteiger partial charge in [-0.1, -0.05) is 75.3 Å². The Kier molecular flexibility index (Phi) is 18.6. The lowest BCUT2D eigenvalue weighted by Crippen LogP contribution is -1.95. The number of unbranched alkanes of at least 4 members (excludes halogenated alkanes) is 4. The highest BCUT2D eigenvalue weighted by atomic mass is 16.1. The number of hydrogen-bond donors (Lipinski definition) is 0. The summed E-state index contributed by atoms with van der Waals surface area (Å²) in [5.74, 6) is 0.411. The SMILES string of the molecule is CCCCC/C=C\C/C=C\C/C=C\C/C=C\CCCC(=O)CCC. The molecule has 1 heteroatoms. The standard InChI is InChI=1S/C23H38O/c1-3-5-6-7-8-9-10-11-12-13-14-15-16-17-18-19-20-22-23(24)21-4-2/h8-9,11-12,14-15,17-18H,3-7,10,13,16,19-22H2,1-2H3/b9-8-,12-11-,15-14-,18-17-. The van der Waals surface area contributed by atoms with E-state index < -0.39 is 0 Å². The fourth-order valence-corrected chi connectivity index (χ4v) is 2.38. The monoisotopic (exact) mass is 330 g/mol. The first-order chi connectivity index (χ1) is 11.8. The van der Waals surface area contributed by atoms with Crippen LogP contribution in [-0.2, 0) is 4.79 Å². The number of carbonyl (C=O) groups excluding carboxylic acids is 1. The number of rotatable bonds is 16. The summed E-state index contributed by atoms with van der Waals surface area (Å²) in [4.78, 5) is 11.4. The van der Waals surface area contributed by atoms with Gasteiger partial charge in [0, 0.05) is 12.8 Å². The van der Waals surface area contributed by atoms with E-state index in [0.717, 1.165) is 51.4 Å². The van der Waals surface area contributed by atoms with Crippen LogP contribution in [0.4, 0.5) is 0 Å². The van der Waals surface area contributed by atoms with Crippen molar-refractivity contribution in [1.82, 2.24) is 0 Å². The van der Waals surface area contributed by atoms with Gasteiger partial charge in [-0.15, -0.1) is 0 Å². The van der Waals surface area contributed by atoms with Crippen molar-refractivity contribution in [3.8, 4) is 0 Å². The third-order valence-electron chi connectivity index (χ3n) is 3.81. The fourth-order valence-electron chi connectivity index (χ4n) is 2.38. The Morgan fingerprint density at radius 1 is 0.583 bits per heavy atom.